The maximum atomic E-state index is 16.3. The van der Waals surface area contributed by atoms with Crippen LogP contribution in [0.4, 0.5) is 4.39 Å². The summed E-state index contributed by atoms with van der Waals surface area (Å²) in [4.78, 5) is 30.6. The van der Waals surface area contributed by atoms with E-state index in [1.165, 1.54) is 0 Å². The molecule has 3 aromatic heterocycles. The van der Waals surface area contributed by atoms with Crippen molar-refractivity contribution in [2.75, 3.05) is 19.4 Å². The van der Waals surface area contributed by atoms with E-state index in [1.54, 1.807) is 24.2 Å². The number of carbonyl (C=O) groups excluding carboxylic acids is 1. The Hall–Kier alpha value is -4.09. The molecule has 0 saturated carbocycles. The highest BCUT2D eigenvalue weighted by Crippen LogP contribution is 2.42. The van der Waals surface area contributed by atoms with Gasteiger partial charge in [-0.25, -0.2) is 14.4 Å². The maximum absolute atomic E-state index is 16.3. The lowest BCUT2D eigenvalue weighted by molar-refractivity contribution is -0.132. The quantitative estimate of drug-likeness (QED) is 0.215. The van der Waals surface area contributed by atoms with E-state index >= 15 is 4.39 Å². The molecule has 0 spiro atoms. The number of nitrogens with two attached hydrogens (primary N) is 1. The van der Waals surface area contributed by atoms with Crippen LogP contribution >= 0.6 is 11.8 Å². The Morgan fingerprint density at radius 2 is 1.93 bits per heavy atom. The second-order valence-electron chi connectivity index (χ2n) is 11.2. The first-order valence-electron chi connectivity index (χ1n) is 14.7. The van der Waals surface area contributed by atoms with Crippen LogP contribution < -0.4 is 10.5 Å². The van der Waals surface area contributed by atoms with Crippen LogP contribution in [0.1, 0.15) is 43.9 Å². The fraction of sp³-hybridized carbons (Fsp3) is 0.344. The van der Waals surface area contributed by atoms with Crippen molar-refractivity contribution in [3.05, 3.63) is 66.3 Å². The summed E-state index contributed by atoms with van der Waals surface area (Å²) in [5.41, 5.74) is 11.1. The van der Waals surface area contributed by atoms with E-state index in [2.05, 4.69) is 26.9 Å². The summed E-state index contributed by atoms with van der Waals surface area (Å²) in [6.45, 7) is 4.09. The molecule has 2 aliphatic heterocycles. The highest BCUT2D eigenvalue weighted by molar-refractivity contribution is 7.99. The van der Waals surface area contributed by atoms with Crippen LogP contribution in [-0.2, 0) is 17.9 Å². The van der Waals surface area contributed by atoms with Gasteiger partial charge in [0, 0.05) is 40.3 Å². The molecule has 0 aliphatic carbocycles. The number of likely N-dealkylation sites (tertiary alicyclic amines) is 1. The minimum absolute atomic E-state index is 0.0636. The minimum Gasteiger partial charge on any atom is -0.491 e. The largest absolute Gasteiger partial charge is 0.491 e. The van der Waals surface area contributed by atoms with E-state index in [9.17, 15) is 4.79 Å². The molecule has 0 radical (unpaired) electrons. The second kappa shape index (κ2) is 11.2. The Labute approximate surface area is 253 Å². The van der Waals surface area contributed by atoms with Crippen molar-refractivity contribution < 1.29 is 13.9 Å². The molecule has 0 bridgehead atoms. The van der Waals surface area contributed by atoms with Crippen LogP contribution in [0, 0.1) is 5.82 Å². The number of hydrogen-bond acceptors (Lipinski definition) is 6. The lowest BCUT2D eigenvalue weighted by Crippen LogP contribution is -2.32. The van der Waals surface area contributed by atoms with Gasteiger partial charge in [-0.3, -0.25) is 4.79 Å². The van der Waals surface area contributed by atoms with Crippen LogP contribution in [0.2, 0.25) is 0 Å². The number of halogens is 1. The minimum atomic E-state index is -0.279. The molecule has 2 aromatic carbocycles. The Bertz CT molecular complexity index is 1830. The first-order chi connectivity index (χ1) is 20.9. The lowest BCUT2D eigenvalue weighted by atomic mass is 10.0. The SMILES string of the molecule is CSC(C)CC(=O)N1CCC[C@H]1c1ncc(-c2ccc3c(c2)c(F)c2n3CCOc3cc(-c4cnc(CN)[nH]4)ccc3-2)[nH]1. The standard InChI is InChI=1S/C32H34FN7O2S/c1-18(43-2)12-29(41)39-9-3-4-26(39)32-36-17-24(38-32)19-6-8-25-22(13-19)30(33)31-21-7-5-20(23-16-35-28(15-34)37-23)14-27(21)42-11-10-40(25)31/h5-8,13-14,16-18,26H,3-4,9-12,15,34H2,1-2H3,(H,35,37)(H,36,38)/t18?,26-/m0/s1. The number of nitrogens with zero attached hydrogens (tertiary/aromatic N) is 4. The zero-order chi connectivity index (χ0) is 29.7. The molecule has 5 heterocycles. The van der Waals surface area contributed by atoms with Crippen LogP contribution in [0.15, 0.2) is 48.8 Å². The van der Waals surface area contributed by atoms with E-state index in [1.807, 2.05) is 52.1 Å². The molecule has 11 heteroatoms. The van der Waals surface area contributed by atoms with Gasteiger partial charge in [0.15, 0.2) is 5.82 Å². The van der Waals surface area contributed by atoms with Gasteiger partial charge in [-0.15, -0.1) is 0 Å². The Kier molecular flexibility index (Phi) is 7.22. The molecule has 9 nitrogen and oxygen atoms in total. The number of amides is 1. The summed E-state index contributed by atoms with van der Waals surface area (Å²) in [6.07, 6.45) is 7.92. The van der Waals surface area contributed by atoms with Crippen molar-refractivity contribution in [1.82, 2.24) is 29.4 Å². The monoisotopic (exact) mass is 599 g/mol. The normalized spacial score (nSPS) is 17.0. The van der Waals surface area contributed by atoms with Crippen LogP contribution in [0.25, 0.3) is 44.7 Å². The highest BCUT2D eigenvalue weighted by atomic mass is 32.2. The molecule has 43 heavy (non-hydrogen) atoms. The van der Waals surface area contributed by atoms with Crippen LogP contribution in [0.5, 0.6) is 5.75 Å². The first-order valence-corrected chi connectivity index (χ1v) is 15.9. The summed E-state index contributed by atoms with van der Waals surface area (Å²) in [7, 11) is 0. The van der Waals surface area contributed by atoms with Crippen molar-refractivity contribution >= 4 is 28.6 Å². The summed E-state index contributed by atoms with van der Waals surface area (Å²) >= 11 is 1.70. The summed E-state index contributed by atoms with van der Waals surface area (Å²) in [6, 6.07) is 11.5. The van der Waals surface area contributed by atoms with Gasteiger partial charge in [-0.05, 0) is 43.4 Å². The molecular weight excluding hydrogens is 565 g/mol. The van der Waals surface area contributed by atoms with Gasteiger partial charge in [0.25, 0.3) is 0 Å². The Morgan fingerprint density at radius 3 is 2.74 bits per heavy atom. The molecule has 1 fully saturated rings. The number of carbonyl (C=O) groups is 1. The fourth-order valence-corrected chi connectivity index (χ4v) is 6.60. The van der Waals surface area contributed by atoms with Gasteiger partial charge < -0.3 is 29.9 Å². The number of fused-ring (bicyclic) bond motifs is 5. The van der Waals surface area contributed by atoms with Gasteiger partial charge in [0.05, 0.1) is 54.1 Å². The smallest absolute Gasteiger partial charge is 0.224 e. The van der Waals surface area contributed by atoms with Gasteiger partial charge in [-0.2, -0.15) is 11.8 Å². The number of thioether (sulfide) groups is 1. The molecule has 1 saturated heterocycles. The maximum Gasteiger partial charge on any atom is 0.224 e. The molecule has 7 rings (SSSR count). The van der Waals surface area contributed by atoms with E-state index < -0.39 is 0 Å². The average Bonchev–Trinajstić information content (AvgIpc) is 3.82. The summed E-state index contributed by atoms with van der Waals surface area (Å²) in [5.74, 6) is 2.00. The lowest BCUT2D eigenvalue weighted by Gasteiger charge is -2.24. The van der Waals surface area contributed by atoms with Crippen LogP contribution in [-0.4, -0.2) is 60.0 Å². The number of hydrogen-bond donors (Lipinski definition) is 3. The van der Waals surface area contributed by atoms with Gasteiger partial charge in [-0.1, -0.05) is 19.1 Å². The fourth-order valence-electron chi connectivity index (χ4n) is 6.29. The van der Waals surface area contributed by atoms with Gasteiger partial charge >= 0.3 is 0 Å². The zero-order valence-corrected chi connectivity index (χ0v) is 25.0. The van der Waals surface area contributed by atoms with E-state index in [0.29, 0.717) is 54.3 Å². The third-order valence-electron chi connectivity index (χ3n) is 8.60. The Morgan fingerprint density at radius 1 is 1.14 bits per heavy atom. The molecular formula is C32H34FN7O2S. The third kappa shape index (κ3) is 4.90. The summed E-state index contributed by atoms with van der Waals surface area (Å²) in [5, 5.41) is 0.826. The molecule has 2 atom stereocenters. The topological polar surface area (TPSA) is 118 Å². The number of rotatable bonds is 7. The highest BCUT2D eigenvalue weighted by Gasteiger charge is 2.32. The van der Waals surface area contributed by atoms with Gasteiger partial charge in [0.2, 0.25) is 5.91 Å². The predicted octanol–water partition coefficient (Wildman–Crippen LogP) is 5.88. The van der Waals surface area contributed by atoms with Crippen molar-refractivity contribution in [3.8, 4) is 39.5 Å². The van der Waals surface area contributed by atoms with E-state index in [4.69, 9.17) is 10.5 Å². The van der Waals surface area contributed by atoms with Gasteiger partial charge in [0.1, 0.15) is 24.0 Å². The number of ether oxygens (including phenoxy) is 1. The number of aromatic amines is 2. The number of nitrogens with one attached hydrogen (secondary N) is 2. The number of benzene rings is 2. The number of aromatic nitrogens is 5. The predicted molar refractivity (Wildman–Crippen MR) is 167 cm³/mol. The van der Waals surface area contributed by atoms with E-state index in [0.717, 1.165) is 53.2 Å². The molecule has 222 valence electrons. The van der Waals surface area contributed by atoms with E-state index in [-0.39, 0.29) is 23.0 Å². The zero-order valence-electron chi connectivity index (χ0n) is 24.2. The van der Waals surface area contributed by atoms with Crippen molar-refractivity contribution in [3.63, 3.8) is 0 Å². The third-order valence-corrected chi connectivity index (χ3v) is 9.57. The second-order valence-corrected chi connectivity index (χ2v) is 12.5. The average molecular weight is 600 g/mol. The van der Waals surface area contributed by atoms with Crippen LogP contribution in [0.3, 0.4) is 0 Å². The first kappa shape index (κ1) is 27.7. The van der Waals surface area contributed by atoms with Crippen molar-refractivity contribution in [1.29, 1.82) is 0 Å². The molecule has 2 aliphatic rings. The number of imidazole rings is 2. The molecule has 1 amide bonds. The molecule has 4 N–H and O–H groups in total. The van der Waals surface area contributed by atoms with Crippen molar-refractivity contribution in [2.24, 2.45) is 5.73 Å². The molecule has 5 aromatic rings. The summed E-state index contributed by atoms with van der Waals surface area (Å²) < 4.78 is 24.4. The van der Waals surface area contributed by atoms with Crippen molar-refractivity contribution in [2.45, 2.75) is 50.6 Å². The number of H-pyrrole nitrogens is 2. The Balaban J connectivity index is 1.21. The molecule has 1 unspecified atom stereocenters.